The second-order valence-electron chi connectivity index (χ2n) is 4.35. The van der Waals surface area contributed by atoms with Crippen molar-refractivity contribution < 1.29 is 9.15 Å². The fraction of sp³-hybridized carbons (Fsp3) is 0.200. The summed E-state index contributed by atoms with van der Waals surface area (Å²) in [6.45, 7) is 2.50. The standard InChI is InChI=1S/C15H17N3O2S/c1-11-3-6-14(20-11)10-17-18-15(21)16-9-12-4-7-13(19-2)8-5-12/h3-8,10H,9H2,1-2H3,(H2,16,18,21)/b17-10-. The van der Waals surface area contributed by atoms with Gasteiger partial charge >= 0.3 is 0 Å². The molecule has 0 aliphatic carbocycles. The minimum absolute atomic E-state index is 0.449. The molecule has 2 N–H and O–H groups in total. The molecule has 1 heterocycles. The normalized spacial score (nSPS) is 10.6. The van der Waals surface area contributed by atoms with Gasteiger partial charge in [-0.3, -0.25) is 5.43 Å². The Bertz CT molecular complexity index is 620. The van der Waals surface area contributed by atoms with E-state index >= 15 is 0 Å². The van der Waals surface area contributed by atoms with Gasteiger partial charge in [0.05, 0.1) is 13.3 Å². The molecule has 0 aliphatic rings. The summed E-state index contributed by atoms with van der Waals surface area (Å²) in [4.78, 5) is 0. The number of thiocarbonyl (C=S) groups is 1. The van der Waals surface area contributed by atoms with Gasteiger partial charge in [-0.2, -0.15) is 5.10 Å². The zero-order chi connectivity index (χ0) is 15.1. The van der Waals surface area contributed by atoms with Gasteiger partial charge in [0.15, 0.2) is 5.11 Å². The highest BCUT2D eigenvalue weighted by Gasteiger charge is 1.97. The Kier molecular flexibility index (Phi) is 5.34. The zero-order valence-electron chi connectivity index (χ0n) is 11.9. The molecule has 1 aromatic heterocycles. The van der Waals surface area contributed by atoms with Crippen molar-refractivity contribution in [3.63, 3.8) is 0 Å². The van der Waals surface area contributed by atoms with Crippen LogP contribution in [0.2, 0.25) is 0 Å². The van der Waals surface area contributed by atoms with E-state index in [1.165, 1.54) is 0 Å². The number of furan rings is 1. The Morgan fingerprint density at radius 3 is 2.67 bits per heavy atom. The Labute approximate surface area is 129 Å². The molecule has 0 atom stereocenters. The molecule has 0 aliphatic heterocycles. The van der Waals surface area contributed by atoms with Crippen LogP contribution in [0.1, 0.15) is 17.1 Å². The molecule has 6 heteroatoms. The minimum atomic E-state index is 0.449. The number of methoxy groups -OCH3 is 1. The van der Waals surface area contributed by atoms with Crippen LogP contribution in [0.25, 0.3) is 0 Å². The lowest BCUT2D eigenvalue weighted by molar-refractivity contribution is 0.414. The number of hydrazone groups is 1. The van der Waals surface area contributed by atoms with E-state index in [2.05, 4.69) is 15.8 Å². The largest absolute Gasteiger partial charge is 0.497 e. The molecule has 0 saturated carbocycles. The first kappa shape index (κ1) is 15.1. The van der Waals surface area contributed by atoms with Gasteiger partial charge < -0.3 is 14.5 Å². The van der Waals surface area contributed by atoms with Crippen LogP contribution in [0.3, 0.4) is 0 Å². The average Bonchev–Trinajstić information content (AvgIpc) is 2.91. The lowest BCUT2D eigenvalue weighted by Gasteiger charge is -2.07. The summed E-state index contributed by atoms with van der Waals surface area (Å²) in [6.07, 6.45) is 1.58. The SMILES string of the molecule is COc1ccc(CNC(=S)N/N=C\c2ccc(C)o2)cc1. The van der Waals surface area contributed by atoms with E-state index in [4.69, 9.17) is 21.4 Å². The Hall–Kier alpha value is -2.34. The molecule has 5 nitrogen and oxygen atoms in total. The molecule has 0 amide bonds. The third-order valence-electron chi connectivity index (χ3n) is 2.73. The van der Waals surface area contributed by atoms with Gasteiger partial charge in [0.25, 0.3) is 0 Å². The Balaban J connectivity index is 1.75. The third kappa shape index (κ3) is 4.92. The fourth-order valence-corrected chi connectivity index (χ4v) is 1.77. The maximum atomic E-state index is 5.35. The number of hydrogen-bond acceptors (Lipinski definition) is 4. The number of ether oxygens (including phenoxy) is 1. The second kappa shape index (κ2) is 7.44. The monoisotopic (exact) mass is 303 g/mol. The predicted octanol–water partition coefficient (Wildman–Crippen LogP) is 2.59. The first-order valence-electron chi connectivity index (χ1n) is 6.43. The van der Waals surface area contributed by atoms with Crippen LogP contribution in [-0.4, -0.2) is 18.4 Å². The van der Waals surface area contributed by atoms with E-state index in [-0.39, 0.29) is 0 Å². The van der Waals surface area contributed by atoms with E-state index in [1.807, 2.05) is 43.3 Å². The highest BCUT2D eigenvalue weighted by molar-refractivity contribution is 7.80. The number of benzene rings is 1. The summed E-state index contributed by atoms with van der Waals surface area (Å²) in [5.41, 5.74) is 3.84. The summed E-state index contributed by atoms with van der Waals surface area (Å²) < 4.78 is 10.5. The molecule has 1 aromatic carbocycles. The van der Waals surface area contributed by atoms with Gasteiger partial charge in [0, 0.05) is 6.54 Å². The molecule has 0 saturated heterocycles. The van der Waals surface area contributed by atoms with Crippen molar-refractivity contribution in [3.05, 3.63) is 53.5 Å². The predicted molar refractivity (Wildman–Crippen MR) is 86.6 cm³/mol. The van der Waals surface area contributed by atoms with E-state index in [0.29, 0.717) is 17.4 Å². The highest BCUT2D eigenvalue weighted by Crippen LogP contribution is 2.10. The topological polar surface area (TPSA) is 58.8 Å². The van der Waals surface area contributed by atoms with Crippen LogP contribution in [0, 0.1) is 6.92 Å². The molecule has 0 fully saturated rings. The lowest BCUT2D eigenvalue weighted by atomic mass is 10.2. The molecular weight excluding hydrogens is 286 g/mol. The van der Waals surface area contributed by atoms with Crippen molar-refractivity contribution in [2.24, 2.45) is 5.10 Å². The smallest absolute Gasteiger partial charge is 0.187 e. The molecule has 21 heavy (non-hydrogen) atoms. The highest BCUT2D eigenvalue weighted by atomic mass is 32.1. The number of nitrogens with zero attached hydrogens (tertiary/aromatic N) is 1. The van der Waals surface area contributed by atoms with E-state index in [1.54, 1.807) is 13.3 Å². The zero-order valence-corrected chi connectivity index (χ0v) is 12.7. The van der Waals surface area contributed by atoms with Crippen LogP contribution in [0.15, 0.2) is 45.9 Å². The van der Waals surface area contributed by atoms with Crippen molar-refractivity contribution in [1.29, 1.82) is 0 Å². The van der Waals surface area contributed by atoms with Gasteiger partial charge in [-0.25, -0.2) is 0 Å². The minimum Gasteiger partial charge on any atom is -0.497 e. The van der Waals surface area contributed by atoms with Crippen LogP contribution in [0.4, 0.5) is 0 Å². The molecule has 0 bridgehead atoms. The number of rotatable bonds is 5. The van der Waals surface area contributed by atoms with Gasteiger partial charge in [-0.1, -0.05) is 12.1 Å². The summed E-state index contributed by atoms with van der Waals surface area (Å²) >= 11 is 5.13. The van der Waals surface area contributed by atoms with Crippen molar-refractivity contribution >= 4 is 23.5 Å². The second-order valence-corrected chi connectivity index (χ2v) is 4.76. The molecule has 0 spiro atoms. The Morgan fingerprint density at radius 2 is 2.05 bits per heavy atom. The quantitative estimate of drug-likeness (QED) is 0.505. The lowest BCUT2D eigenvalue weighted by Crippen LogP contribution is -2.31. The summed E-state index contributed by atoms with van der Waals surface area (Å²) in [5, 5.41) is 7.51. The number of hydrogen-bond donors (Lipinski definition) is 2. The summed E-state index contributed by atoms with van der Waals surface area (Å²) in [7, 11) is 1.64. The van der Waals surface area contributed by atoms with Crippen molar-refractivity contribution in [2.45, 2.75) is 13.5 Å². The Morgan fingerprint density at radius 1 is 1.29 bits per heavy atom. The van der Waals surface area contributed by atoms with E-state index < -0.39 is 0 Å². The van der Waals surface area contributed by atoms with Crippen LogP contribution >= 0.6 is 12.2 Å². The van der Waals surface area contributed by atoms with Crippen molar-refractivity contribution in [1.82, 2.24) is 10.7 Å². The first-order valence-corrected chi connectivity index (χ1v) is 6.84. The fourth-order valence-electron chi connectivity index (χ4n) is 1.64. The van der Waals surface area contributed by atoms with Crippen molar-refractivity contribution in [3.8, 4) is 5.75 Å². The van der Waals surface area contributed by atoms with Gasteiger partial charge in [0.1, 0.15) is 17.3 Å². The van der Waals surface area contributed by atoms with Crippen molar-refractivity contribution in [2.75, 3.05) is 7.11 Å². The maximum absolute atomic E-state index is 5.35. The molecule has 0 unspecified atom stereocenters. The van der Waals surface area contributed by atoms with Gasteiger partial charge in [0.2, 0.25) is 0 Å². The number of nitrogens with one attached hydrogen (secondary N) is 2. The van der Waals surface area contributed by atoms with Crippen LogP contribution in [0.5, 0.6) is 5.75 Å². The molecule has 2 rings (SSSR count). The van der Waals surface area contributed by atoms with Gasteiger partial charge in [-0.15, -0.1) is 0 Å². The molecular formula is C15H17N3O2S. The van der Waals surface area contributed by atoms with Gasteiger partial charge in [-0.05, 0) is 49.0 Å². The molecule has 0 radical (unpaired) electrons. The first-order chi connectivity index (χ1) is 10.2. The maximum Gasteiger partial charge on any atom is 0.187 e. The third-order valence-corrected chi connectivity index (χ3v) is 2.97. The number of aryl methyl sites for hydroxylation is 1. The average molecular weight is 303 g/mol. The summed E-state index contributed by atoms with van der Waals surface area (Å²) in [6, 6.07) is 11.5. The van der Waals surface area contributed by atoms with Crippen LogP contribution < -0.4 is 15.5 Å². The van der Waals surface area contributed by atoms with Crippen LogP contribution in [-0.2, 0) is 6.54 Å². The molecule has 2 aromatic rings. The summed E-state index contributed by atoms with van der Waals surface area (Å²) in [5.74, 6) is 2.35. The van der Waals surface area contributed by atoms with E-state index in [0.717, 1.165) is 17.1 Å². The molecule has 110 valence electrons. The van der Waals surface area contributed by atoms with E-state index in [9.17, 15) is 0 Å².